The van der Waals surface area contributed by atoms with Crippen LogP contribution >= 0.6 is 11.3 Å². The molecule has 0 aliphatic carbocycles. The highest BCUT2D eigenvalue weighted by Crippen LogP contribution is 2.27. The molecule has 0 bridgehead atoms. The monoisotopic (exact) mass is 245 g/mol. The number of nitrogen functional groups attached to an aromatic ring is 1. The zero-order chi connectivity index (χ0) is 11.8. The Balaban J connectivity index is 2.10. The van der Waals surface area contributed by atoms with Crippen molar-refractivity contribution in [2.45, 2.75) is 13.3 Å². The molecule has 2 heterocycles. The van der Waals surface area contributed by atoms with Crippen molar-refractivity contribution in [3.63, 3.8) is 0 Å². The summed E-state index contributed by atoms with van der Waals surface area (Å²) >= 11 is 1.47. The highest BCUT2D eigenvalue weighted by Gasteiger charge is 2.07. The number of nitrogens with one attached hydrogen (secondary N) is 1. The van der Waals surface area contributed by atoms with Crippen LogP contribution in [-0.2, 0) is 6.42 Å². The van der Waals surface area contributed by atoms with Crippen LogP contribution in [0.3, 0.4) is 0 Å². The van der Waals surface area contributed by atoms with Crippen LogP contribution in [0.1, 0.15) is 12.7 Å². The van der Waals surface area contributed by atoms with Gasteiger partial charge in [-0.3, -0.25) is 5.10 Å². The third-order valence-corrected chi connectivity index (χ3v) is 3.38. The van der Waals surface area contributed by atoms with E-state index in [-0.39, 0.29) is 0 Å². The van der Waals surface area contributed by atoms with Crippen molar-refractivity contribution >= 4 is 26.7 Å². The zero-order valence-corrected chi connectivity index (χ0v) is 10.1. The fourth-order valence-electron chi connectivity index (χ4n) is 1.66. The van der Waals surface area contributed by atoms with Gasteiger partial charge in [0.2, 0.25) is 0 Å². The maximum atomic E-state index is 5.67. The van der Waals surface area contributed by atoms with Crippen molar-refractivity contribution < 1.29 is 0 Å². The van der Waals surface area contributed by atoms with Gasteiger partial charge in [0.25, 0.3) is 0 Å². The molecule has 0 atom stereocenters. The average molecular weight is 245 g/mol. The Morgan fingerprint density at radius 1 is 1.35 bits per heavy atom. The summed E-state index contributed by atoms with van der Waals surface area (Å²) in [5.41, 5.74) is 7.58. The van der Waals surface area contributed by atoms with Gasteiger partial charge in [-0.05, 0) is 18.2 Å². The number of hydrogen-bond donors (Lipinski definition) is 2. The van der Waals surface area contributed by atoms with Crippen LogP contribution in [0.25, 0.3) is 21.6 Å². The van der Waals surface area contributed by atoms with Crippen molar-refractivity contribution in [2.75, 3.05) is 5.73 Å². The number of nitrogens with zero attached hydrogens (tertiary/aromatic N) is 3. The highest BCUT2D eigenvalue weighted by molar-refractivity contribution is 7.22. The lowest BCUT2D eigenvalue weighted by atomic mass is 10.2. The number of anilines is 1. The van der Waals surface area contributed by atoms with E-state index in [1.54, 1.807) is 0 Å². The topological polar surface area (TPSA) is 80.5 Å². The highest BCUT2D eigenvalue weighted by atomic mass is 32.1. The van der Waals surface area contributed by atoms with Gasteiger partial charge >= 0.3 is 0 Å². The summed E-state index contributed by atoms with van der Waals surface area (Å²) in [6, 6.07) is 5.93. The molecule has 3 aromatic rings. The predicted molar refractivity (Wildman–Crippen MR) is 68.8 cm³/mol. The minimum Gasteiger partial charge on any atom is -0.375 e. The summed E-state index contributed by atoms with van der Waals surface area (Å²) in [5.74, 6) is 1.61. The van der Waals surface area contributed by atoms with E-state index in [0.717, 1.165) is 33.8 Å². The van der Waals surface area contributed by atoms with Crippen LogP contribution in [0.4, 0.5) is 5.13 Å². The minimum atomic E-state index is 0.585. The normalized spacial score (nSPS) is 11.1. The van der Waals surface area contributed by atoms with E-state index in [1.807, 2.05) is 25.1 Å². The van der Waals surface area contributed by atoms with Crippen LogP contribution in [0.15, 0.2) is 18.2 Å². The van der Waals surface area contributed by atoms with Crippen LogP contribution in [0, 0.1) is 0 Å². The van der Waals surface area contributed by atoms with Crippen molar-refractivity contribution in [2.24, 2.45) is 0 Å². The average Bonchev–Trinajstić information content (AvgIpc) is 2.92. The Morgan fingerprint density at radius 3 is 3.00 bits per heavy atom. The quantitative estimate of drug-likeness (QED) is 0.725. The molecule has 0 saturated heterocycles. The largest absolute Gasteiger partial charge is 0.375 e. The van der Waals surface area contributed by atoms with Gasteiger partial charge in [-0.2, -0.15) is 5.10 Å². The summed E-state index contributed by atoms with van der Waals surface area (Å²) in [6.07, 6.45) is 0.850. The fraction of sp³-hybridized carbons (Fsp3) is 0.182. The molecule has 0 fully saturated rings. The molecule has 2 aromatic heterocycles. The van der Waals surface area contributed by atoms with E-state index >= 15 is 0 Å². The number of hydrogen-bond acceptors (Lipinski definition) is 5. The van der Waals surface area contributed by atoms with Gasteiger partial charge in [-0.15, -0.1) is 0 Å². The summed E-state index contributed by atoms with van der Waals surface area (Å²) < 4.78 is 1.06. The first-order valence-corrected chi connectivity index (χ1v) is 6.15. The molecule has 17 heavy (non-hydrogen) atoms. The van der Waals surface area contributed by atoms with Crippen LogP contribution in [-0.4, -0.2) is 20.2 Å². The second kappa shape index (κ2) is 3.81. The standard InChI is InChI=1S/C11H11N5S/c1-2-9-14-10(16-15-9)6-3-4-7-8(5-6)17-11(12)13-7/h3-5H,2H2,1H3,(H2,12,13)(H,14,15,16). The predicted octanol–water partition coefficient (Wildman–Crippen LogP) is 2.23. The summed E-state index contributed by atoms with van der Waals surface area (Å²) in [5, 5.41) is 7.68. The van der Waals surface area contributed by atoms with Crippen molar-refractivity contribution in [1.82, 2.24) is 20.2 Å². The van der Waals surface area contributed by atoms with E-state index in [4.69, 9.17) is 5.73 Å². The number of aromatic nitrogens is 4. The molecule has 0 amide bonds. The molecule has 0 unspecified atom stereocenters. The fourth-order valence-corrected chi connectivity index (χ4v) is 2.44. The van der Waals surface area contributed by atoms with Gasteiger partial charge in [0, 0.05) is 12.0 Å². The molecule has 86 valence electrons. The molecule has 6 heteroatoms. The Morgan fingerprint density at radius 2 is 2.24 bits per heavy atom. The van der Waals surface area contributed by atoms with E-state index in [0.29, 0.717) is 5.13 Å². The minimum absolute atomic E-state index is 0.585. The molecule has 0 radical (unpaired) electrons. The van der Waals surface area contributed by atoms with Crippen molar-refractivity contribution in [3.05, 3.63) is 24.0 Å². The summed E-state index contributed by atoms with van der Waals surface area (Å²) in [4.78, 5) is 8.62. The Bertz CT molecular complexity index is 669. The SMILES string of the molecule is CCc1nc(-c2ccc3nc(N)sc3c2)n[nH]1. The molecule has 1 aromatic carbocycles. The number of aromatic amines is 1. The first kappa shape index (κ1) is 10.2. The number of rotatable bonds is 2. The Kier molecular flexibility index (Phi) is 2.29. The molecular weight excluding hydrogens is 234 g/mol. The molecule has 0 aliphatic rings. The molecular formula is C11H11N5S. The number of nitrogens with two attached hydrogens (primary N) is 1. The van der Waals surface area contributed by atoms with E-state index in [2.05, 4.69) is 20.2 Å². The van der Waals surface area contributed by atoms with Gasteiger partial charge in [0.05, 0.1) is 10.2 Å². The number of fused-ring (bicyclic) bond motifs is 1. The van der Waals surface area contributed by atoms with E-state index in [9.17, 15) is 0 Å². The number of H-pyrrole nitrogens is 1. The van der Waals surface area contributed by atoms with Crippen molar-refractivity contribution in [3.8, 4) is 11.4 Å². The smallest absolute Gasteiger partial charge is 0.181 e. The van der Waals surface area contributed by atoms with E-state index in [1.165, 1.54) is 11.3 Å². The van der Waals surface area contributed by atoms with Gasteiger partial charge < -0.3 is 5.73 Å². The van der Waals surface area contributed by atoms with Crippen molar-refractivity contribution in [1.29, 1.82) is 0 Å². The molecule has 0 saturated carbocycles. The zero-order valence-electron chi connectivity index (χ0n) is 9.27. The Labute approximate surface area is 102 Å². The lowest BCUT2D eigenvalue weighted by Crippen LogP contribution is -1.82. The van der Waals surface area contributed by atoms with Crippen LogP contribution in [0.5, 0.6) is 0 Å². The molecule has 0 aliphatic heterocycles. The van der Waals surface area contributed by atoms with Gasteiger partial charge in [0.15, 0.2) is 11.0 Å². The number of thiazole rings is 1. The lowest BCUT2D eigenvalue weighted by Gasteiger charge is -1.94. The van der Waals surface area contributed by atoms with Gasteiger partial charge in [-0.25, -0.2) is 9.97 Å². The molecule has 3 N–H and O–H groups in total. The molecule has 5 nitrogen and oxygen atoms in total. The van der Waals surface area contributed by atoms with Gasteiger partial charge in [-0.1, -0.05) is 18.3 Å². The maximum Gasteiger partial charge on any atom is 0.181 e. The summed E-state index contributed by atoms with van der Waals surface area (Å²) in [6.45, 7) is 2.04. The number of aryl methyl sites for hydroxylation is 1. The first-order valence-electron chi connectivity index (χ1n) is 5.34. The second-order valence-electron chi connectivity index (χ2n) is 3.69. The van der Waals surface area contributed by atoms with Crippen LogP contribution < -0.4 is 5.73 Å². The third-order valence-electron chi connectivity index (χ3n) is 2.53. The summed E-state index contributed by atoms with van der Waals surface area (Å²) in [7, 11) is 0. The van der Waals surface area contributed by atoms with E-state index < -0.39 is 0 Å². The first-order chi connectivity index (χ1) is 8.26. The molecule has 3 rings (SSSR count). The lowest BCUT2D eigenvalue weighted by molar-refractivity contribution is 0.946. The molecule has 0 spiro atoms. The number of benzene rings is 1. The second-order valence-corrected chi connectivity index (χ2v) is 4.76. The Hall–Kier alpha value is -1.95. The third kappa shape index (κ3) is 1.76. The maximum absolute atomic E-state index is 5.67. The van der Waals surface area contributed by atoms with Gasteiger partial charge in [0.1, 0.15) is 5.82 Å². The van der Waals surface area contributed by atoms with Crippen LogP contribution in [0.2, 0.25) is 0 Å².